The summed E-state index contributed by atoms with van der Waals surface area (Å²) in [5.74, 6) is 0. The maximum Gasteiger partial charge on any atom is 0.416 e. The number of benzene rings is 2. The Balaban J connectivity index is 1.75. The van der Waals surface area contributed by atoms with Gasteiger partial charge >= 0.3 is 6.18 Å². The first-order valence-electron chi connectivity index (χ1n) is 7.94. The summed E-state index contributed by atoms with van der Waals surface area (Å²) in [6.45, 7) is 0.438. The minimum absolute atomic E-state index is 0.0192. The molecule has 0 N–H and O–H groups in total. The van der Waals surface area contributed by atoms with Crippen LogP contribution in [0.3, 0.4) is 0 Å². The lowest BCUT2D eigenvalue weighted by molar-refractivity contribution is -0.138. The van der Waals surface area contributed by atoms with Crippen molar-refractivity contribution in [2.24, 2.45) is 0 Å². The minimum Gasteiger partial charge on any atom is -0.373 e. The lowest BCUT2D eigenvalue weighted by Crippen LogP contribution is -2.32. The first kappa shape index (κ1) is 19.1. The van der Waals surface area contributed by atoms with Crippen molar-refractivity contribution in [1.29, 1.82) is 0 Å². The van der Waals surface area contributed by atoms with E-state index in [1.165, 1.54) is 0 Å². The van der Waals surface area contributed by atoms with Crippen LogP contribution in [0.25, 0.3) is 0 Å². The van der Waals surface area contributed by atoms with Crippen molar-refractivity contribution in [3.63, 3.8) is 0 Å². The number of alkyl halides is 3. The maximum absolute atomic E-state index is 12.9. The molecule has 0 amide bonds. The van der Waals surface area contributed by atoms with Gasteiger partial charge in [-0.25, -0.2) is 0 Å². The van der Waals surface area contributed by atoms with Crippen LogP contribution in [0.1, 0.15) is 28.7 Å². The van der Waals surface area contributed by atoms with Gasteiger partial charge in [-0.2, -0.15) is 13.2 Å². The Morgan fingerprint density at radius 2 is 2.00 bits per heavy atom. The van der Waals surface area contributed by atoms with Crippen LogP contribution in [-0.4, -0.2) is 12.9 Å². The molecule has 0 spiro atoms. The molecule has 3 nitrogen and oxygen atoms in total. The highest BCUT2D eigenvalue weighted by atomic mass is 79.9. The molecule has 2 aromatic carbocycles. The second-order valence-electron chi connectivity index (χ2n) is 6.15. The maximum atomic E-state index is 12.9. The molecular formula is C19H16BrF3O3. The quantitative estimate of drug-likeness (QED) is 0.607. The molecule has 7 heteroatoms. The van der Waals surface area contributed by atoms with Crippen LogP contribution in [0.2, 0.25) is 0 Å². The van der Waals surface area contributed by atoms with Crippen LogP contribution in [-0.2, 0) is 39.3 Å². The molecule has 0 saturated heterocycles. The number of carbonyl (C=O) groups excluding carboxylic acids is 1. The standard InChI is InChI=1S/C19H16BrF3O3/c20-16-8-13(7-15(9-16)19(21,22)23)10-25-12-18(5-6-24)17-4-2-1-3-14(17)11-26-18/h1-4,6-9H,5,10-12H2. The van der Waals surface area contributed by atoms with Crippen LogP contribution >= 0.6 is 15.9 Å². The number of hydrogen-bond acceptors (Lipinski definition) is 3. The fraction of sp³-hybridized carbons (Fsp3) is 0.316. The average Bonchev–Trinajstić information content (AvgIpc) is 2.93. The van der Waals surface area contributed by atoms with Crippen LogP contribution in [0.4, 0.5) is 13.2 Å². The largest absolute Gasteiger partial charge is 0.416 e. The van der Waals surface area contributed by atoms with Gasteiger partial charge in [-0.05, 0) is 34.9 Å². The molecule has 138 valence electrons. The minimum atomic E-state index is -4.43. The van der Waals surface area contributed by atoms with Crippen LogP contribution in [0.5, 0.6) is 0 Å². The third kappa shape index (κ3) is 4.00. The van der Waals surface area contributed by atoms with Crippen molar-refractivity contribution >= 4 is 22.2 Å². The molecule has 0 saturated carbocycles. The fourth-order valence-electron chi connectivity index (χ4n) is 3.10. The smallest absolute Gasteiger partial charge is 0.373 e. The van der Waals surface area contributed by atoms with Gasteiger partial charge in [0.1, 0.15) is 11.9 Å². The van der Waals surface area contributed by atoms with E-state index in [0.717, 1.165) is 29.5 Å². The van der Waals surface area contributed by atoms with Gasteiger partial charge in [-0.15, -0.1) is 0 Å². The molecule has 0 bridgehead atoms. The first-order valence-corrected chi connectivity index (χ1v) is 8.74. The van der Waals surface area contributed by atoms with Gasteiger partial charge < -0.3 is 14.3 Å². The average molecular weight is 429 g/mol. The summed E-state index contributed by atoms with van der Waals surface area (Å²) in [5, 5.41) is 0. The van der Waals surface area contributed by atoms with Gasteiger partial charge in [0, 0.05) is 10.9 Å². The highest BCUT2D eigenvalue weighted by molar-refractivity contribution is 9.10. The number of carbonyl (C=O) groups is 1. The molecule has 3 rings (SSSR count). The highest BCUT2D eigenvalue weighted by Gasteiger charge is 2.40. The van der Waals surface area contributed by atoms with Gasteiger partial charge in [0.2, 0.25) is 0 Å². The molecule has 0 aliphatic carbocycles. The Labute approximate surface area is 157 Å². The zero-order valence-electron chi connectivity index (χ0n) is 13.7. The van der Waals surface area contributed by atoms with E-state index >= 15 is 0 Å². The Bertz CT molecular complexity index is 807. The SMILES string of the molecule is O=CCC1(COCc2cc(Br)cc(C(F)(F)F)c2)OCc2ccccc21. The van der Waals surface area contributed by atoms with Crippen molar-refractivity contribution in [3.05, 3.63) is 69.2 Å². The van der Waals surface area contributed by atoms with E-state index in [1.54, 1.807) is 6.07 Å². The molecule has 1 aliphatic heterocycles. The first-order chi connectivity index (χ1) is 12.3. The van der Waals surface area contributed by atoms with E-state index in [9.17, 15) is 18.0 Å². The summed E-state index contributed by atoms with van der Waals surface area (Å²) < 4.78 is 50.6. The van der Waals surface area contributed by atoms with E-state index in [0.29, 0.717) is 16.6 Å². The van der Waals surface area contributed by atoms with Crippen LogP contribution in [0.15, 0.2) is 46.9 Å². The van der Waals surface area contributed by atoms with E-state index in [1.807, 2.05) is 24.3 Å². The van der Waals surface area contributed by atoms with E-state index in [-0.39, 0.29) is 19.6 Å². The normalized spacial score (nSPS) is 19.4. The number of hydrogen-bond donors (Lipinski definition) is 0. The van der Waals surface area contributed by atoms with E-state index in [2.05, 4.69) is 15.9 Å². The molecule has 1 unspecified atom stereocenters. The van der Waals surface area contributed by atoms with E-state index in [4.69, 9.17) is 9.47 Å². The molecule has 26 heavy (non-hydrogen) atoms. The second-order valence-corrected chi connectivity index (χ2v) is 7.07. The lowest BCUT2D eigenvalue weighted by Gasteiger charge is -2.27. The monoisotopic (exact) mass is 428 g/mol. The lowest BCUT2D eigenvalue weighted by atomic mass is 9.90. The zero-order chi connectivity index (χ0) is 18.8. The van der Waals surface area contributed by atoms with Crippen molar-refractivity contribution in [2.45, 2.75) is 31.4 Å². The summed E-state index contributed by atoms with van der Waals surface area (Å²) in [6, 6.07) is 11.2. The summed E-state index contributed by atoms with van der Waals surface area (Å²) in [4.78, 5) is 11.1. The Morgan fingerprint density at radius 1 is 1.23 bits per heavy atom. The third-order valence-corrected chi connectivity index (χ3v) is 4.77. The topological polar surface area (TPSA) is 35.5 Å². The Morgan fingerprint density at radius 3 is 2.73 bits per heavy atom. The predicted octanol–water partition coefficient (Wildman–Crippen LogP) is 5.00. The molecule has 2 aromatic rings. The molecule has 1 heterocycles. The van der Waals surface area contributed by atoms with Gasteiger partial charge in [-0.3, -0.25) is 0 Å². The van der Waals surface area contributed by atoms with Crippen molar-refractivity contribution < 1.29 is 27.4 Å². The van der Waals surface area contributed by atoms with Crippen molar-refractivity contribution in [1.82, 2.24) is 0 Å². The molecular weight excluding hydrogens is 413 g/mol. The molecule has 1 atom stereocenters. The van der Waals surface area contributed by atoms with Gasteiger partial charge in [-0.1, -0.05) is 40.2 Å². The number of aldehydes is 1. The number of fused-ring (bicyclic) bond motifs is 1. The third-order valence-electron chi connectivity index (χ3n) is 4.31. The van der Waals surface area contributed by atoms with Crippen LogP contribution < -0.4 is 0 Å². The number of ether oxygens (including phenoxy) is 2. The van der Waals surface area contributed by atoms with Gasteiger partial charge in [0.25, 0.3) is 0 Å². The molecule has 0 fully saturated rings. The fourth-order valence-corrected chi connectivity index (χ4v) is 3.64. The van der Waals surface area contributed by atoms with Crippen molar-refractivity contribution in [2.75, 3.05) is 6.61 Å². The van der Waals surface area contributed by atoms with Gasteiger partial charge in [0.05, 0.1) is 25.4 Å². The van der Waals surface area contributed by atoms with Gasteiger partial charge in [0.15, 0.2) is 0 Å². The number of halogens is 4. The molecule has 1 aliphatic rings. The second kappa shape index (κ2) is 7.50. The van der Waals surface area contributed by atoms with Crippen molar-refractivity contribution in [3.8, 4) is 0 Å². The summed E-state index contributed by atoms with van der Waals surface area (Å²) in [6.07, 6.45) is -3.53. The predicted molar refractivity (Wildman–Crippen MR) is 92.4 cm³/mol. The Kier molecular flexibility index (Phi) is 5.50. The Hall–Kier alpha value is -1.70. The molecule has 0 radical (unpaired) electrons. The summed E-state index contributed by atoms with van der Waals surface area (Å²) >= 11 is 3.09. The van der Waals surface area contributed by atoms with E-state index < -0.39 is 17.3 Å². The number of rotatable bonds is 6. The summed E-state index contributed by atoms with van der Waals surface area (Å²) in [7, 11) is 0. The highest BCUT2D eigenvalue weighted by Crippen LogP contribution is 2.39. The summed E-state index contributed by atoms with van der Waals surface area (Å²) in [5.41, 5.74) is 0.629. The zero-order valence-corrected chi connectivity index (χ0v) is 15.3. The van der Waals surface area contributed by atoms with Crippen LogP contribution in [0, 0.1) is 0 Å². The molecule has 0 aromatic heterocycles.